The summed E-state index contributed by atoms with van der Waals surface area (Å²) in [5, 5.41) is 4.57. The van der Waals surface area contributed by atoms with E-state index in [0.29, 0.717) is 25.2 Å². The van der Waals surface area contributed by atoms with Crippen LogP contribution in [-0.4, -0.2) is 54.1 Å². The second-order valence-electron chi connectivity index (χ2n) is 7.95. The number of methoxy groups -OCH3 is 1. The van der Waals surface area contributed by atoms with E-state index in [1.165, 1.54) is 0 Å². The summed E-state index contributed by atoms with van der Waals surface area (Å²) < 4.78 is 19.1. The van der Waals surface area contributed by atoms with Gasteiger partial charge < -0.3 is 14.2 Å². The maximum absolute atomic E-state index is 5.98. The van der Waals surface area contributed by atoms with Crippen molar-refractivity contribution in [1.82, 2.24) is 14.7 Å². The van der Waals surface area contributed by atoms with Crippen LogP contribution in [0.3, 0.4) is 0 Å². The maximum Gasteiger partial charge on any atom is 0.233 e. The molecule has 0 unspecified atom stereocenters. The van der Waals surface area contributed by atoms with Crippen LogP contribution in [0.5, 0.6) is 11.6 Å². The normalized spacial score (nSPS) is 15.2. The van der Waals surface area contributed by atoms with Crippen LogP contribution in [0.15, 0.2) is 60.8 Å². The van der Waals surface area contributed by atoms with Crippen LogP contribution in [0, 0.1) is 6.92 Å². The zero-order chi connectivity index (χ0) is 21.5. The van der Waals surface area contributed by atoms with Crippen LogP contribution in [0.1, 0.15) is 24.0 Å². The number of hydrogen-bond donors (Lipinski definition) is 0. The van der Waals surface area contributed by atoms with Gasteiger partial charge in [0.25, 0.3) is 0 Å². The summed E-state index contributed by atoms with van der Waals surface area (Å²) in [4.78, 5) is 2.42. The van der Waals surface area contributed by atoms with E-state index in [4.69, 9.17) is 14.2 Å². The van der Waals surface area contributed by atoms with E-state index >= 15 is 0 Å². The van der Waals surface area contributed by atoms with Gasteiger partial charge in [-0.2, -0.15) is 0 Å². The van der Waals surface area contributed by atoms with Gasteiger partial charge in [-0.15, -0.1) is 5.10 Å². The standard InChI is InChI=1S/C25H31N3O3/c1-20-18-22(8-9-24(20)31-19-21-6-4-3-5-7-21)28-15-12-25(26-28)30-17-16-27-13-10-23(29-2)11-14-27/h3-9,12,15,18,23H,10-11,13-14,16-17,19H2,1-2H3. The fourth-order valence-electron chi connectivity index (χ4n) is 3.85. The molecule has 0 atom stereocenters. The molecule has 6 nitrogen and oxygen atoms in total. The summed E-state index contributed by atoms with van der Waals surface area (Å²) >= 11 is 0. The average Bonchev–Trinajstić information content (AvgIpc) is 3.28. The summed E-state index contributed by atoms with van der Waals surface area (Å²) in [6.07, 6.45) is 4.52. The molecule has 0 aliphatic carbocycles. The van der Waals surface area contributed by atoms with Crippen LogP contribution in [0.2, 0.25) is 0 Å². The Morgan fingerprint density at radius 1 is 1.00 bits per heavy atom. The number of aryl methyl sites for hydroxylation is 1. The lowest BCUT2D eigenvalue weighted by Crippen LogP contribution is -2.38. The SMILES string of the molecule is COC1CCN(CCOc2ccn(-c3ccc(OCc4ccccc4)c(C)c3)n2)CC1. The monoisotopic (exact) mass is 421 g/mol. The predicted molar refractivity (Wildman–Crippen MR) is 121 cm³/mol. The van der Waals surface area contributed by atoms with Gasteiger partial charge in [0.05, 0.1) is 11.8 Å². The zero-order valence-electron chi connectivity index (χ0n) is 18.4. The van der Waals surface area contributed by atoms with E-state index in [2.05, 4.69) is 35.1 Å². The summed E-state index contributed by atoms with van der Waals surface area (Å²) in [6, 6.07) is 18.2. The van der Waals surface area contributed by atoms with E-state index in [1.807, 2.05) is 47.3 Å². The zero-order valence-corrected chi connectivity index (χ0v) is 18.4. The van der Waals surface area contributed by atoms with Crippen LogP contribution in [0.4, 0.5) is 0 Å². The van der Waals surface area contributed by atoms with Crippen LogP contribution < -0.4 is 9.47 Å². The van der Waals surface area contributed by atoms with Crippen molar-refractivity contribution >= 4 is 0 Å². The minimum Gasteiger partial charge on any atom is -0.489 e. The molecule has 4 rings (SSSR count). The molecule has 0 N–H and O–H groups in total. The molecule has 1 aliphatic heterocycles. The van der Waals surface area contributed by atoms with Gasteiger partial charge in [0.2, 0.25) is 5.88 Å². The third-order valence-corrected chi connectivity index (χ3v) is 5.75. The number of nitrogens with zero attached hydrogens (tertiary/aromatic N) is 3. The largest absolute Gasteiger partial charge is 0.489 e. The smallest absolute Gasteiger partial charge is 0.233 e. The molecule has 2 aromatic carbocycles. The first-order valence-corrected chi connectivity index (χ1v) is 10.9. The number of benzene rings is 2. The van der Waals surface area contributed by atoms with Crippen LogP contribution in [0.25, 0.3) is 5.69 Å². The highest BCUT2D eigenvalue weighted by atomic mass is 16.5. The Kier molecular flexibility index (Phi) is 7.22. The number of ether oxygens (including phenoxy) is 3. The Bertz CT molecular complexity index is 950. The molecule has 0 bridgehead atoms. The third kappa shape index (κ3) is 5.87. The Morgan fingerprint density at radius 3 is 2.55 bits per heavy atom. The first-order valence-electron chi connectivity index (χ1n) is 10.9. The van der Waals surface area contributed by atoms with E-state index in [-0.39, 0.29) is 0 Å². The molecule has 1 saturated heterocycles. The van der Waals surface area contributed by atoms with E-state index in [9.17, 15) is 0 Å². The van der Waals surface area contributed by atoms with Crippen molar-refractivity contribution in [1.29, 1.82) is 0 Å². The molecule has 31 heavy (non-hydrogen) atoms. The highest BCUT2D eigenvalue weighted by molar-refractivity contribution is 5.43. The molecular weight excluding hydrogens is 390 g/mol. The first-order chi connectivity index (χ1) is 15.2. The van der Waals surface area contributed by atoms with Crippen molar-refractivity contribution in [2.24, 2.45) is 0 Å². The minimum atomic E-state index is 0.409. The van der Waals surface area contributed by atoms with Gasteiger partial charge in [-0.3, -0.25) is 4.90 Å². The number of hydrogen-bond acceptors (Lipinski definition) is 5. The van der Waals surface area contributed by atoms with Gasteiger partial charge in [0.1, 0.15) is 19.0 Å². The summed E-state index contributed by atoms with van der Waals surface area (Å²) in [6.45, 7) is 6.29. The van der Waals surface area contributed by atoms with Crippen LogP contribution in [-0.2, 0) is 11.3 Å². The molecule has 2 heterocycles. The van der Waals surface area contributed by atoms with Crippen molar-refractivity contribution in [3.05, 3.63) is 71.9 Å². The predicted octanol–water partition coefficient (Wildman–Crippen LogP) is 4.25. The van der Waals surface area contributed by atoms with E-state index in [0.717, 1.165) is 55.0 Å². The van der Waals surface area contributed by atoms with Crippen molar-refractivity contribution in [3.8, 4) is 17.3 Å². The Labute approximate surface area is 184 Å². The number of likely N-dealkylation sites (tertiary alicyclic amines) is 1. The van der Waals surface area contributed by atoms with Gasteiger partial charge in [0.15, 0.2) is 0 Å². The molecule has 0 spiro atoms. The quantitative estimate of drug-likeness (QED) is 0.517. The molecule has 3 aromatic rings. The molecular formula is C25H31N3O3. The Balaban J connectivity index is 1.28. The van der Waals surface area contributed by atoms with Gasteiger partial charge >= 0.3 is 0 Å². The maximum atomic E-state index is 5.98. The van der Waals surface area contributed by atoms with Gasteiger partial charge in [-0.1, -0.05) is 30.3 Å². The van der Waals surface area contributed by atoms with Crippen molar-refractivity contribution < 1.29 is 14.2 Å². The lowest BCUT2D eigenvalue weighted by Gasteiger charge is -2.30. The average molecular weight is 422 g/mol. The fraction of sp³-hybridized carbons (Fsp3) is 0.400. The summed E-state index contributed by atoms with van der Waals surface area (Å²) in [5.41, 5.74) is 3.22. The van der Waals surface area contributed by atoms with Crippen molar-refractivity contribution in [3.63, 3.8) is 0 Å². The number of piperidine rings is 1. The fourth-order valence-corrected chi connectivity index (χ4v) is 3.85. The van der Waals surface area contributed by atoms with Crippen LogP contribution >= 0.6 is 0 Å². The Morgan fingerprint density at radius 2 is 1.81 bits per heavy atom. The second-order valence-corrected chi connectivity index (χ2v) is 7.95. The molecule has 6 heteroatoms. The minimum absolute atomic E-state index is 0.409. The highest BCUT2D eigenvalue weighted by Gasteiger charge is 2.18. The molecule has 0 amide bonds. The van der Waals surface area contributed by atoms with E-state index in [1.54, 1.807) is 7.11 Å². The van der Waals surface area contributed by atoms with Gasteiger partial charge in [0, 0.05) is 39.0 Å². The molecule has 0 saturated carbocycles. The van der Waals surface area contributed by atoms with Gasteiger partial charge in [-0.25, -0.2) is 4.68 Å². The van der Waals surface area contributed by atoms with E-state index < -0.39 is 0 Å². The second kappa shape index (κ2) is 10.5. The topological polar surface area (TPSA) is 48.8 Å². The Hall–Kier alpha value is -2.83. The van der Waals surface area contributed by atoms with Crippen molar-refractivity contribution in [2.45, 2.75) is 32.5 Å². The molecule has 1 fully saturated rings. The highest BCUT2D eigenvalue weighted by Crippen LogP contribution is 2.23. The lowest BCUT2D eigenvalue weighted by atomic mass is 10.1. The van der Waals surface area contributed by atoms with Crippen molar-refractivity contribution in [2.75, 3.05) is 33.4 Å². The summed E-state index contributed by atoms with van der Waals surface area (Å²) in [5.74, 6) is 1.53. The molecule has 1 aliphatic rings. The number of aromatic nitrogens is 2. The first kappa shape index (κ1) is 21.4. The molecule has 164 valence electrons. The lowest BCUT2D eigenvalue weighted by molar-refractivity contribution is 0.0373. The molecule has 1 aromatic heterocycles. The van der Waals surface area contributed by atoms with Gasteiger partial charge in [-0.05, 0) is 49.1 Å². The molecule has 0 radical (unpaired) electrons. The summed E-state index contributed by atoms with van der Waals surface area (Å²) in [7, 11) is 1.80. The number of rotatable bonds is 9. The third-order valence-electron chi connectivity index (χ3n) is 5.75.